The van der Waals surface area contributed by atoms with Crippen molar-refractivity contribution in [1.29, 1.82) is 0 Å². The zero-order chi connectivity index (χ0) is 41.7. The summed E-state index contributed by atoms with van der Waals surface area (Å²) in [5.74, 6) is 0. The van der Waals surface area contributed by atoms with Gasteiger partial charge in [0.2, 0.25) is 0 Å². The molecule has 314 valence electrons. The molecule has 0 saturated heterocycles. The monoisotopic (exact) mass is 978 g/mol. The van der Waals surface area contributed by atoms with Gasteiger partial charge in [0.15, 0.2) is 0 Å². The molecule has 0 heterocycles. The summed E-state index contributed by atoms with van der Waals surface area (Å²) < 4.78 is 0.724. The number of nitrogens with zero attached hydrogens (tertiary/aromatic N) is 4. The summed E-state index contributed by atoms with van der Waals surface area (Å²) in [6.07, 6.45) is 8.24. The van der Waals surface area contributed by atoms with E-state index in [9.17, 15) is 0 Å². The van der Waals surface area contributed by atoms with Crippen LogP contribution in [0.2, 0.25) is 0 Å². The van der Waals surface area contributed by atoms with Gasteiger partial charge in [-0.15, -0.1) is 20.3 Å². The molecule has 0 rings (SSSR count). The number of hydroxylamine groups is 8. The fraction of sp³-hybridized carbons (Fsp3) is 0.889. The molecule has 8 unspecified atom stereocenters. The summed E-state index contributed by atoms with van der Waals surface area (Å²) in [6.45, 7) is 33.9. The molecule has 8 atom stereocenters. The zero-order valence-corrected chi connectivity index (χ0v) is 43.9. The van der Waals surface area contributed by atoms with Gasteiger partial charge in [-0.25, -0.2) is 0 Å². The number of rotatable bonds is 20. The molecule has 0 spiro atoms. The molecule has 0 aromatic rings. The van der Waals surface area contributed by atoms with Crippen molar-refractivity contribution >= 4 is 117 Å². The van der Waals surface area contributed by atoms with Crippen molar-refractivity contribution in [2.75, 3.05) is 0 Å². The first kappa shape index (κ1) is 63.1. The molecule has 0 radical (unpaired) electrons. The van der Waals surface area contributed by atoms with Gasteiger partial charge in [0.05, 0.1) is 17.5 Å². The third-order valence-corrected chi connectivity index (χ3v) is 9.52. The maximum absolute atomic E-state index is 5.34. The SMILES string of the molecule is CCC(C)N(OC(=S)[S-])C(C)CC.CCC(C)N(OC(=S)[S-])C(C)CC.CCC(C)N(OC(=S)[S-])C(C)CC.CCC(C)N(OC(=S)[S-])C(C)CC.[Mo+4]. The zero-order valence-electron chi connectivity index (χ0n) is 35.4. The van der Waals surface area contributed by atoms with Gasteiger partial charge < -0.3 is 119 Å². The standard InChI is InChI=1S/4C9H19NOS2.Mo/c4*1-5-7(3)10(8(4)6-2)11-9(12)13;/h4*7-8H,5-6H2,1-4H3,(H,12,13);/q;;;;+4/p-4. The van der Waals surface area contributed by atoms with E-state index in [1.807, 2.05) is 20.3 Å². The van der Waals surface area contributed by atoms with Crippen molar-refractivity contribution in [3.63, 3.8) is 0 Å². The Morgan fingerprint density at radius 3 is 0.491 bits per heavy atom. The van der Waals surface area contributed by atoms with E-state index < -0.39 is 0 Å². The largest absolute Gasteiger partial charge is 4.00 e. The fourth-order valence-electron chi connectivity index (χ4n) is 4.24. The Bertz CT molecular complexity index is 766. The molecule has 0 aliphatic carbocycles. The molecular weight excluding hydrogens is 905 g/mol. The van der Waals surface area contributed by atoms with Gasteiger partial charge in [0.1, 0.15) is 0 Å². The Balaban J connectivity index is -0.000000192. The minimum absolute atomic E-state index is 0. The predicted octanol–water partition coefficient (Wildman–Crippen LogP) is 10.6. The second kappa shape index (κ2) is 38.5. The van der Waals surface area contributed by atoms with E-state index >= 15 is 0 Å². The second-order valence-corrected chi connectivity index (χ2v) is 16.9. The molecule has 0 aromatic carbocycles. The third-order valence-electron chi connectivity index (χ3n) is 8.92. The Hall–Kier alpha value is 0.968. The number of hydrogen-bond donors (Lipinski definition) is 0. The van der Waals surface area contributed by atoms with Crippen molar-refractivity contribution in [2.45, 2.75) is 210 Å². The molecule has 8 nitrogen and oxygen atoms in total. The van der Waals surface area contributed by atoms with Crippen LogP contribution in [0, 0.1) is 0 Å². The van der Waals surface area contributed by atoms with Crippen LogP contribution in [0.5, 0.6) is 0 Å². The molecule has 0 amide bonds. The van der Waals surface area contributed by atoms with Crippen molar-refractivity contribution in [2.24, 2.45) is 0 Å². The first-order valence-electron chi connectivity index (χ1n) is 18.8. The fourth-order valence-corrected chi connectivity index (χ4v) is 4.93. The molecule has 17 heteroatoms. The third kappa shape index (κ3) is 32.6. The van der Waals surface area contributed by atoms with E-state index in [4.69, 9.17) is 119 Å². The maximum Gasteiger partial charge on any atom is 4.00 e. The smallest absolute Gasteiger partial charge is 0.426 e. The van der Waals surface area contributed by atoms with Crippen molar-refractivity contribution in [3.8, 4) is 0 Å². The van der Waals surface area contributed by atoms with E-state index in [0.717, 1.165) is 51.4 Å². The van der Waals surface area contributed by atoms with E-state index in [-0.39, 0.29) is 38.6 Å². The van der Waals surface area contributed by atoms with Gasteiger partial charge in [-0.2, -0.15) is 0 Å². The summed E-state index contributed by atoms with van der Waals surface area (Å²) in [6, 6.07) is 2.86. The average molecular weight is 977 g/mol. The minimum atomic E-state index is 0. The van der Waals surface area contributed by atoms with Crippen LogP contribution >= 0.6 is 48.9 Å². The predicted molar refractivity (Wildman–Crippen MR) is 250 cm³/mol. The van der Waals surface area contributed by atoms with Crippen molar-refractivity contribution in [3.05, 3.63) is 0 Å². The Morgan fingerprint density at radius 2 is 0.434 bits per heavy atom. The Morgan fingerprint density at radius 1 is 0.340 bits per heavy atom. The molecule has 0 fully saturated rings. The molecule has 53 heavy (non-hydrogen) atoms. The normalized spacial score (nSPS) is 15.2. The van der Waals surface area contributed by atoms with Gasteiger partial charge in [0.25, 0.3) is 0 Å². The molecule has 0 aromatic heterocycles. The van der Waals surface area contributed by atoms with E-state index in [2.05, 4.69) is 111 Å². The quantitative estimate of drug-likeness (QED) is 0.0503. The molecular formula is C36H72MoN4O4S8. The van der Waals surface area contributed by atoms with E-state index in [0.29, 0.717) is 48.3 Å². The molecule has 0 aliphatic rings. The molecule has 0 aliphatic heterocycles. The molecule has 0 bridgehead atoms. The van der Waals surface area contributed by atoms with E-state index in [1.54, 1.807) is 0 Å². The van der Waals surface area contributed by atoms with Gasteiger partial charge in [-0.05, 0) is 107 Å². The van der Waals surface area contributed by atoms with Gasteiger partial charge in [-0.3, -0.25) is 0 Å². The topological polar surface area (TPSA) is 49.9 Å². The van der Waals surface area contributed by atoms with Crippen LogP contribution in [-0.2, 0) is 90.9 Å². The minimum Gasteiger partial charge on any atom is -0.426 e. The summed E-state index contributed by atoms with van der Waals surface area (Å²) in [5.41, 5.74) is 0. The Kier molecular flexibility index (Phi) is 45.9. The van der Waals surface area contributed by atoms with Gasteiger partial charge in [0, 0.05) is 48.3 Å². The van der Waals surface area contributed by atoms with Crippen molar-refractivity contribution < 1.29 is 40.4 Å². The summed E-state index contributed by atoms with van der Waals surface area (Å²) >= 11 is 38.1. The summed E-state index contributed by atoms with van der Waals surface area (Å²) in [5, 5.41) is 7.59. The molecule has 0 saturated carbocycles. The summed E-state index contributed by atoms with van der Waals surface area (Å²) in [7, 11) is 0. The van der Waals surface area contributed by atoms with Crippen LogP contribution in [0.4, 0.5) is 0 Å². The maximum atomic E-state index is 5.34. The van der Waals surface area contributed by atoms with Crippen LogP contribution in [-0.4, -0.2) is 86.1 Å². The first-order chi connectivity index (χ1) is 24.1. The average Bonchev–Trinajstić information content (AvgIpc) is 3.11. The number of hydrogen-bond acceptors (Lipinski definition) is 16. The second-order valence-electron chi connectivity index (χ2n) is 12.9. The van der Waals surface area contributed by atoms with Gasteiger partial charge >= 0.3 is 21.1 Å². The van der Waals surface area contributed by atoms with E-state index in [1.165, 1.54) is 0 Å². The number of thiocarbonyl (C=S) groups is 4. The van der Waals surface area contributed by atoms with Crippen LogP contribution in [0.3, 0.4) is 0 Å². The van der Waals surface area contributed by atoms with Crippen LogP contribution in [0.25, 0.3) is 0 Å². The van der Waals surface area contributed by atoms with Crippen molar-refractivity contribution in [1.82, 2.24) is 20.3 Å². The van der Waals surface area contributed by atoms with Crippen LogP contribution < -0.4 is 0 Å². The summed E-state index contributed by atoms with van der Waals surface area (Å²) in [4.78, 5) is 21.3. The first-order valence-corrected chi connectivity index (χ1v) is 22.1. The van der Waals surface area contributed by atoms with Crippen LogP contribution in [0.1, 0.15) is 162 Å². The Labute approximate surface area is 384 Å². The molecule has 0 N–H and O–H groups in total. The van der Waals surface area contributed by atoms with Crippen LogP contribution in [0.15, 0.2) is 0 Å². The van der Waals surface area contributed by atoms with Gasteiger partial charge in [-0.1, -0.05) is 55.4 Å².